The van der Waals surface area contributed by atoms with Crippen molar-refractivity contribution in [1.29, 1.82) is 0 Å². The van der Waals surface area contributed by atoms with Gasteiger partial charge in [-0.15, -0.1) is 0 Å². The van der Waals surface area contributed by atoms with Crippen molar-refractivity contribution in [3.8, 4) is 0 Å². The van der Waals surface area contributed by atoms with Crippen LogP contribution in [0.3, 0.4) is 0 Å². The fourth-order valence-electron chi connectivity index (χ4n) is 4.81. The molecule has 2 atom stereocenters. The zero-order chi connectivity index (χ0) is 17.2. The molecule has 2 unspecified atom stereocenters. The van der Waals surface area contributed by atoms with Gasteiger partial charge < -0.3 is 9.64 Å². The van der Waals surface area contributed by atoms with E-state index in [9.17, 15) is 4.79 Å². The van der Waals surface area contributed by atoms with Gasteiger partial charge in [-0.1, -0.05) is 29.8 Å². The molecule has 25 heavy (non-hydrogen) atoms. The van der Waals surface area contributed by atoms with E-state index in [1.165, 1.54) is 11.1 Å². The van der Waals surface area contributed by atoms with Gasteiger partial charge in [0.1, 0.15) is 0 Å². The zero-order valence-corrected chi connectivity index (χ0v) is 15.3. The largest absolute Gasteiger partial charge is 0.381 e. The number of piperidine rings is 1. The summed E-state index contributed by atoms with van der Waals surface area (Å²) < 4.78 is 5.48. The predicted octanol–water partition coefficient (Wildman–Crippen LogP) is 2.99. The average Bonchev–Trinajstić information content (AvgIpc) is 3.03. The molecule has 3 aliphatic heterocycles. The molecule has 4 rings (SSSR count). The van der Waals surface area contributed by atoms with Gasteiger partial charge in [0.25, 0.3) is 0 Å². The van der Waals surface area contributed by atoms with Crippen molar-refractivity contribution < 1.29 is 9.53 Å². The average molecular weight is 342 g/mol. The fraction of sp³-hybridized carbons (Fsp3) is 0.667. The van der Waals surface area contributed by atoms with Crippen LogP contribution in [-0.4, -0.2) is 54.1 Å². The first-order valence-corrected chi connectivity index (χ1v) is 9.87. The van der Waals surface area contributed by atoms with Crippen molar-refractivity contribution in [1.82, 2.24) is 9.80 Å². The second-order valence-corrected chi connectivity index (χ2v) is 8.02. The number of hydrogen-bond acceptors (Lipinski definition) is 3. The first-order chi connectivity index (χ1) is 12.2. The molecule has 0 spiro atoms. The van der Waals surface area contributed by atoms with Gasteiger partial charge in [-0.25, -0.2) is 0 Å². The maximum Gasteiger partial charge on any atom is 0.222 e. The molecular formula is C21H30N2O2. The monoisotopic (exact) mass is 342 g/mol. The van der Waals surface area contributed by atoms with Crippen molar-refractivity contribution in [3.05, 3.63) is 35.4 Å². The molecule has 0 aromatic heterocycles. The summed E-state index contributed by atoms with van der Waals surface area (Å²) in [7, 11) is 0. The summed E-state index contributed by atoms with van der Waals surface area (Å²) in [5.41, 5.74) is 2.70. The van der Waals surface area contributed by atoms with Gasteiger partial charge in [0.2, 0.25) is 5.91 Å². The van der Waals surface area contributed by atoms with E-state index in [1.54, 1.807) is 0 Å². The van der Waals surface area contributed by atoms with E-state index in [4.69, 9.17) is 4.74 Å². The fourth-order valence-corrected chi connectivity index (χ4v) is 4.81. The Morgan fingerprint density at radius 1 is 1.04 bits per heavy atom. The summed E-state index contributed by atoms with van der Waals surface area (Å²) in [6.07, 6.45) is 5.09. The Labute approximate surface area is 151 Å². The molecule has 1 amide bonds. The molecule has 0 radical (unpaired) electrons. The smallest absolute Gasteiger partial charge is 0.222 e. The van der Waals surface area contributed by atoms with Crippen LogP contribution in [0.25, 0.3) is 0 Å². The summed E-state index contributed by atoms with van der Waals surface area (Å²) in [5.74, 6) is 1.01. The summed E-state index contributed by atoms with van der Waals surface area (Å²) in [5, 5.41) is 0. The lowest BCUT2D eigenvalue weighted by molar-refractivity contribution is -0.139. The highest BCUT2D eigenvalue weighted by molar-refractivity contribution is 5.77. The number of likely N-dealkylation sites (tertiary alicyclic amines) is 2. The summed E-state index contributed by atoms with van der Waals surface area (Å²) in [6.45, 7) is 6.93. The van der Waals surface area contributed by atoms with E-state index >= 15 is 0 Å². The van der Waals surface area contributed by atoms with Crippen molar-refractivity contribution in [2.24, 2.45) is 5.92 Å². The van der Waals surface area contributed by atoms with Gasteiger partial charge >= 0.3 is 0 Å². The highest BCUT2D eigenvalue weighted by Crippen LogP contribution is 2.33. The molecule has 4 heteroatoms. The van der Waals surface area contributed by atoms with Crippen LogP contribution in [0.1, 0.15) is 43.2 Å². The summed E-state index contributed by atoms with van der Waals surface area (Å²) in [4.78, 5) is 17.4. The minimum absolute atomic E-state index is 0.380. The van der Waals surface area contributed by atoms with Gasteiger partial charge in [-0.2, -0.15) is 0 Å². The number of aryl methyl sites for hydroxylation is 1. The zero-order valence-electron chi connectivity index (χ0n) is 15.3. The van der Waals surface area contributed by atoms with E-state index in [-0.39, 0.29) is 0 Å². The van der Waals surface area contributed by atoms with Gasteiger partial charge in [0.05, 0.1) is 0 Å². The first-order valence-electron chi connectivity index (χ1n) is 9.87. The van der Waals surface area contributed by atoms with Gasteiger partial charge in [0, 0.05) is 51.4 Å². The quantitative estimate of drug-likeness (QED) is 0.843. The number of benzene rings is 1. The maximum atomic E-state index is 12.6. The van der Waals surface area contributed by atoms with Gasteiger partial charge in [-0.05, 0) is 44.1 Å². The molecule has 0 saturated carbocycles. The lowest BCUT2D eigenvalue weighted by atomic mass is 9.92. The van der Waals surface area contributed by atoms with Gasteiger partial charge in [0.15, 0.2) is 0 Å². The third kappa shape index (κ3) is 3.75. The second-order valence-electron chi connectivity index (χ2n) is 8.02. The molecular weight excluding hydrogens is 312 g/mol. The Morgan fingerprint density at radius 2 is 1.80 bits per heavy atom. The number of rotatable bonds is 4. The standard InChI is InChI=1S/C21H30N2O2/c1-16-2-4-17(5-3-16)14-22-11-8-20-19(22)6-7-21(24)23(20)15-18-9-12-25-13-10-18/h2-5,18-20H,6-15H2,1H3. The Kier molecular flexibility index (Phi) is 5.09. The van der Waals surface area contributed by atoms with Crippen LogP contribution < -0.4 is 0 Å². The van der Waals surface area contributed by atoms with E-state index < -0.39 is 0 Å². The predicted molar refractivity (Wildman–Crippen MR) is 98.3 cm³/mol. The second kappa shape index (κ2) is 7.46. The molecule has 3 saturated heterocycles. The lowest BCUT2D eigenvalue weighted by Crippen LogP contribution is -2.53. The molecule has 0 bridgehead atoms. The molecule has 0 aliphatic carbocycles. The van der Waals surface area contributed by atoms with E-state index in [0.717, 1.165) is 65.0 Å². The molecule has 3 heterocycles. The highest BCUT2D eigenvalue weighted by atomic mass is 16.5. The van der Waals surface area contributed by atoms with Crippen molar-refractivity contribution in [3.63, 3.8) is 0 Å². The van der Waals surface area contributed by atoms with Crippen molar-refractivity contribution >= 4 is 5.91 Å². The van der Waals surface area contributed by atoms with Crippen LogP contribution in [0.4, 0.5) is 0 Å². The number of carbonyl (C=O) groups is 1. The molecule has 1 aromatic rings. The molecule has 1 aromatic carbocycles. The number of ether oxygens (including phenoxy) is 1. The van der Waals surface area contributed by atoms with Gasteiger partial charge in [-0.3, -0.25) is 9.69 Å². The Bertz CT molecular complexity index is 594. The Balaban J connectivity index is 1.42. The highest BCUT2D eigenvalue weighted by Gasteiger charge is 2.43. The Hall–Kier alpha value is -1.39. The number of amides is 1. The minimum Gasteiger partial charge on any atom is -0.381 e. The number of fused-ring (bicyclic) bond motifs is 1. The van der Waals surface area contributed by atoms with Crippen molar-refractivity contribution in [2.45, 2.75) is 57.7 Å². The number of nitrogens with zero attached hydrogens (tertiary/aromatic N) is 2. The first kappa shape index (κ1) is 17.0. The van der Waals surface area contributed by atoms with Crippen LogP contribution in [0, 0.1) is 12.8 Å². The van der Waals surface area contributed by atoms with Crippen LogP contribution in [0.15, 0.2) is 24.3 Å². The molecule has 3 fully saturated rings. The summed E-state index contributed by atoms with van der Waals surface area (Å²) >= 11 is 0. The Morgan fingerprint density at radius 3 is 2.56 bits per heavy atom. The summed E-state index contributed by atoms with van der Waals surface area (Å²) in [6, 6.07) is 9.86. The third-order valence-corrected chi connectivity index (χ3v) is 6.30. The lowest BCUT2D eigenvalue weighted by Gasteiger charge is -2.42. The minimum atomic E-state index is 0.380. The number of carbonyl (C=O) groups excluding carboxylic acids is 1. The SMILES string of the molecule is Cc1ccc(CN2CCC3C2CCC(=O)N3CC2CCOCC2)cc1. The van der Waals surface area contributed by atoms with Crippen LogP contribution in [0.5, 0.6) is 0 Å². The number of hydrogen-bond donors (Lipinski definition) is 0. The maximum absolute atomic E-state index is 12.6. The molecule has 136 valence electrons. The van der Waals surface area contributed by atoms with Crippen molar-refractivity contribution in [2.75, 3.05) is 26.3 Å². The van der Waals surface area contributed by atoms with E-state index in [2.05, 4.69) is 41.0 Å². The normalized spacial score (nSPS) is 28.4. The van der Waals surface area contributed by atoms with Crippen LogP contribution >= 0.6 is 0 Å². The molecule has 3 aliphatic rings. The van der Waals surface area contributed by atoms with E-state index in [0.29, 0.717) is 23.9 Å². The van der Waals surface area contributed by atoms with E-state index in [1.807, 2.05) is 0 Å². The van der Waals surface area contributed by atoms with Crippen LogP contribution in [0.2, 0.25) is 0 Å². The van der Waals surface area contributed by atoms with Crippen LogP contribution in [-0.2, 0) is 16.1 Å². The topological polar surface area (TPSA) is 32.8 Å². The third-order valence-electron chi connectivity index (χ3n) is 6.30. The molecule has 4 nitrogen and oxygen atoms in total. The molecule has 0 N–H and O–H groups in total.